The molecular formula is C10H6BrClN2O2S. The molecule has 88 valence electrons. The molecule has 0 fully saturated rings. The van der Waals surface area contributed by atoms with Crippen LogP contribution in [0.15, 0.2) is 33.9 Å². The number of halogens is 2. The highest BCUT2D eigenvalue weighted by Gasteiger charge is 2.11. The molecule has 0 radical (unpaired) electrons. The third-order valence-electron chi connectivity index (χ3n) is 2.02. The molecule has 7 heteroatoms. The zero-order chi connectivity index (χ0) is 12.4. The minimum atomic E-state index is -0.281. The van der Waals surface area contributed by atoms with Gasteiger partial charge in [-0.1, -0.05) is 11.6 Å². The first-order valence-electron chi connectivity index (χ1n) is 4.56. The Balaban J connectivity index is 2.25. The molecule has 0 aliphatic rings. The van der Waals surface area contributed by atoms with Crippen molar-refractivity contribution in [1.29, 1.82) is 0 Å². The molecular weight excluding hydrogens is 328 g/mol. The normalized spacial score (nSPS) is 10.5. The number of thiophene rings is 1. The Hall–Kier alpha value is -0.980. The van der Waals surface area contributed by atoms with E-state index in [9.17, 15) is 9.59 Å². The molecule has 2 rings (SSSR count). The molecule has 0 aliphatic heterocycles. The smallest absolute Gasteiger partial charge is 0.268 e. The van der Waals surface area contributed by atoms with Crippen LogP contribution in [0.2, 0.25) is 4.34 Å². The Labute approximate surface area is 114 Å². The van der Waals surface area contributed by atoms with Crippen LogP contribution in [0, 0.1) is 0 Å². The summed E-state index contributed by atoms with van der Waals surface area (Å²) in [6.45, 7) is -0.0396. The van der Waals surface area contributed by atoms with Crippen LogP contribution in [0.4, 0.5) is 0 Å². The summed E-state index contributed by atoms with van der Waals surface area (Å²) in [5.74, 6) is -0.163. The number of carbonyl (C=O) groups excluding carboxylic acids is 1. The van der Waals surface area contributed by atoms with Gasteiger partial charge in [0.05, 0.1) is 22.1 Å². The van der Waals surface area contributed by atoms with Gasteiger partial charge in [0.2, 0.25) is 0 Å². The van der Waals surface area contributed by atoms with Crippen LogP contribution < -0.4 is 5.56 Å². The van der Waals surface area contributed by atoms with Crippen molar-refractivity contribution in [3.05, 3.63) is 48.7 Å². The van der Waals surface area contributed by atoms with E-state index in [0.717, 1.165) is 0 Å². The van der Waals surface area contributed by atoms with E-state index in [1.807, 2.05) is 0 Å². The van der Waals surface area contributed by atoms with Gasteiger partial charge in [0, 0.05) is 6.20 Å². The maximum Gasteiger partial charge on any atom is 0.268 e. The van der Waals surface area contributed by atoms with Gasteiger partial charge in [0.1, 0.15) is 4.47 Å². The van der Waals surface area contributed by atoms with Crippen LogP contribution in [-0.4, -0.2) is 15.3 Å². The maximum absolute atomic E-state index is 11.8. The second kappa shape index (κ2) is 5.12. The standard InChI is InChI=1S/C10H6BrClN2O2S/c11-6-3-13-5-14(10(6)16)4-7(15)8-1-2-9(12)17-8/h1-3,5H,4H2. The first-order valence-corrected chi connectivity index (χ1v) is 6.55. The van der Waals surface area contributed by atoms with Crippen LogP contribution in [0.1, 0.15) is 9.67 Å². The van der Waals surface area contributed by atoms with Gasteiger partial charge in [-0.15, -0.1) is 11.3 Å². The third-order valence-corrected chi connectivity index (χ3v) is 3.84. The fourth-order valence-electron chi connectivity index (χ4n) is 1.23. The maximum atomic E-state index is 11.8. The van der Waals surface area contributed by atoms with E-state index in [2.05, 4.69) is 20.9 Å². The molecule has 0 amide bonds. The average molecular weight is 334 g/mol. The first-order chi connectivity index (χ1) is 8.08. The lowest BCUT2D eigenvalue weighted by molar-refractivity contribution is 0.0974. The Morgan fingerprint density at radius 2 is 2.29 bits per heavy atom. The molecule has 2 heterocycles. The van der Waals surface area contributed by atoms with Crippen LogP contribution in [0.5, 0.6) is 0 Å². The highest BCUT2D eigenvalue weighted by atomic mass is 79.9. The Morgan fingerprint density at radius 1 is 1.53 bits per heavy atom. The van der Waals surface area contributed by atoms with Gasteiger partial charge < -0.3 is 0 Å². The fourth-order valence-corrected chi connectivity index (χ4v) is 2.55. The summed E-state index contributed by atoms with van der Waals surface area (Å²) < 4.78 is 2.13. The molecule has 0 aliphatic carbocycles. The van der Waals surface area contributed by atoms with E-state index < -0.39 is 0 Å². The molecule has 4 nitrogen and oxygen atoms in total. The zero-order valence-corrected chi connectivity index (χ0v) is 11.6. The molecule has 0 aromatic carbocycles. The van der Waals surface area contributed by atoms with Crippen molar-refractivity contribution in [1.82, 2.24) is 9.55 Å². The number of Topliss-reactive ketones (excluding diaryl/α,β-unsaturated/α-hetero) is 1. The van der Waals surface area contributed by atoms with E-state index in [-0.39, 0.29) is 17.9 Å². The molecule has 0 bridgehead atoms. The van der Waals surface area contributed by atoms with Crippen molar-refractivity contribution in [2.45, 2.75) is 6.54 Å². The minimum absolute atomic E-state index is 0.0396. The second-order valence-electron chi connectivity index (χ2n) is 3.20. The van der Waals surface area contributed by atoms with Crippen LogP contribution in [-0.2, 0) is 6.54 Å². The number of nitrogens with zero attached hydrogens (tertiary/aromatic N) is 2. The number of hydrogen-bond acceptors (Lipinski definition) is 4. The van der Waals surface area contributed by atoms with E-state index in [1.54, 1.807) is 12.1 Å². The average Bonchev–Trinajstić information content (AvgIpc) is 2.72. The fraction of sp³-hybridized carbons (Fsp3) is 0.100. The van der Waals surface area contributed by atoms with Crippen molar-refractivity contribution in [3.8, 4) is 0 Å². The van der Waals surface area contributed by atoms with Crippen LogP contribution in [0.3, 0.4) is 0 Å². The SMILES string of the molecule is O=C(Cn1cncc(Br)c1=O)c1ccc(Cl)s1. The molecule has 0 saturated heterocycles. The summed E-state index contributed by atoms with van der Waals surface area (Å²) in [6.07, 6.45) is 2.73. The van der Waals surface area contributed by atoms with Gasteiger partial charge in [0.25, 0.3) is 5.56 Å². The van der Waals surface area contributed by atoms with Crippen molar-refractivity contribution in [2.75, 3.05) is 0 Å². The minimum Gasteiger partial charge on any atom is -0.291 e. The Kier molecular flexibility index (Phi) is 3.76. The number of aromatic nitrogens is 2. The molecule has 2 aromatic rings. The van der Waals surface area contributed by atoms with Gasteiger partial charge in [-0.05, 0) is 28.1 Å². The molecule has 0 spiro atoms. The van der Waals surface area contributed by atoms with Gasteiger partial charge in [0.15, 0.2) is 5.78 Å². The summed E-state index contributed by atoms with van der Waals surface area (Å²) in [6, 6.07) is 3.30. The topological polar surface area (TPSA) is 52.0 Å². The predicted octanol–water partition coefficient (Wildman–Crippen LogP) is 2.60. The Bertz CT molecular complexity index is 623. The number of ketones is 1. The predicted molar refractivity (Wildman–Crippen MR) is 69.9 cm³/mol. The van der Waals surface area contributed by atoms with E-state index in [0.29, 0.717) is 13.7 Å². The number of hydrogen-bond donors (Lipinski definition) is 0. The summed E-state index contributed by atoms with van der Waals surface area (Å²) in [7, 11) is 0. The van der Waals surface area contributed by atoms with Crippen LogP contribution in [0.25, 0.3) is 0 Å². The molecule has 0 atom stereocenters. The van der Waals surface area contributed by atoms with Crippen molar-refractivity contribution in [3.63, 3.8) is 0 Å². The third kappa shape index (κ3) is 2.83. The number of carbonyl (C=O) groups is 1. The molecule has 0 N–H and O–H groups in total. The molecule has 17 heavy (non-hydrogen) atoms. The van der Waals surface area contributed by atoms with Crippen LogP contribution >= 0.6 is 38.9 Å². The second-order valence-corrected chi connectivity index (χ2v) is 5.77. The largest absolute Gasteiger partial charge is 0.291 e. The van der Waals surface area contributed by atoms with E-state index in [4.69, 9.17) is 11.6 Å². The Morgan fingerprint density at radius 3 is 2.94 bits per heavy atom. The lowest BCUT2D eigenvalue weighted by Crippen LogP contribution is -2.24. The monoisotopic (exact) mass is 332 g/mol. The van der Waals surface area contributed by atoms with Gasteiger partial charge in [-0.2, -0.15) is 0 Å². The zero-order valence-electron chi connectivity index (χ0n) is 8.39. The van der Waals surface area contributed by atoms with Gasteiger partial charge in [-0.25, -0.2) is 4.98 Å². The van der Waals surface area contributed by atoms with E-state index >= 15 is 0 Å². The van der Waals surface area contributed by atoms with Gasteiger partial charge in [-0.3, -0.25) is 14.2 Å². The first kappa shape index (κ1) is 12.5. The molecule has 0 unspecified atom stereocenters. The summed E-state index contributed by atoms with van der Waals surface area (Å²) >= 11 is 10.0. The molecule has 0 saturated carbocycles. The summed E-state index contributed by atoms with van der Waals surface area (Å²) in [5.41, 5.74) is -0.281. The lowest BCUT2D eigenvalue weighted by atomic mass is 10.3. The lowest BCUT2D eigenvalue weighted by Gasteiger charge is -2.02. The molecule has 2 aromatic heterocycles. The van der Waals surface area contributed by atoms with Crippen molar-refractivity contribution >= 4 is 44.7 Å². The quantitative estimate of drug-likeness (QED) is 0.811. The van der Waals surface area contributed by atoms with Crippen molar-refractivity contribution in [2.24, 2.45) is 0 Å². The number of rotatable bonds is 3. The summed E-state index contributed by atoms with van der Waals surface area (Å²) in [4.78, 5) is 27.8. The van der Waals surface area contributed by atoms with Gasteiger partial charge >= 0.3 is 0 Å². The highest BCUT2D eigenvalue weighted by molar-refractivity contribution is 9.10. The summed E-state index contributed by atoms with van der Waals surface area (Å²) in [5, 5.41) is 0. The highest BCUT2D eigenvalue weighted by Crippen LogP contribution is 2.21. The van der Waals surface area contributed by atoms with E-state index in [1.165, 1.54) is 28.4 Å². The van der Waals surface area contributed by atoms with Crippen molar-refractivity contribution < 1.29 is 4.79 Å².